The number of aromatic amines is 1. The molecule has 1 atom stereocenters. The number of aromatic nitrogens is 1. The van der Waals surface area contributed by atoms with Crippen molar-refractivity contribution in [2.75, 3.05) is 0 Å². The van der Waals surface area contributed by atoms with Crippen LogP contribution in [0.15, 0.2) is 59.6 Å². The van der Waals surface area contributed by atoms with Crippen LogP contribution in [0.3, 0.4) is 0 Å². The summed E-state index contributed by atoms with van der Waals surface area (Å²) >= 11 is 1.25. The molecule has 0 radical (unpaired) electrons. The molecule has 2 nitrogen and oxygen atoms in total. The molecule has 0 spiro atoms. The highest BCUT2D eigenvalue weighted by Gasteiger charge is 2.20. The Morgan fingerprint density at radius 2 is 1.86 bits per heavy atom. The maximum Gasteiger partial charge on any atom is 0.178 e. The van der Waals surface area contributed by atoms with Gasteiger partial charge in [-0.3, -0.25) is 4.79 Å². The van der Waals surface area contributed by atoms with Gasteiger partial charge in [0.2, 0.25) is 0 Å². The van der Waals surface area contributed by atoms with Crippen molar-refractivity contribution in [1.29, 1.82) is 0 Å². The van der Waals surface area contributed by atoms with Crippen LogP contribution >= 0.6 is 11.8 Å². The van der Waals surface area contributed by atoms with E-state index in [1.165, 1.54) is 17.8 Å². The van der Waals surface area contributed by atoms with Crippen molar-refractivity contribution in [3.63, 3.8) is 0 Å². The lowest BCUT2D eigenvalue weighted by atomic mass is 10.1. The average Bonchev–Trinajstić information content (AvgIpc) is 2.92. The third kappa shape index (κ3) is 2.72. The molecule has 0 aliphatic heterocycles. The van der Waals surface area contributed by atoms with Crippen LogP contribution < -0.4 is 0 Å². The van der Waals surface area contributed by atoms with Gasteiger partial charge in [-0.15, -0.1) is 11.8 Å². The number of hydrogen-bond donors (Lipinski definition) is 1. The zero-order valence-electron chi connectivity index (χ0n) is 11.5. The van der Waals surface area contributed by atoms with E-state index in [0.717, 1.165) is 10.9 Å². The van der Waals surface area contributed by atoms with Crippen LogP contribution in [0, 0.1) is 5.82 Å². The van der Waals surface area contributed by atoms with E-state index in [2.05, 4.69) is 4.98 Å². The minimum Gasteiger partial charge on any atom is -0.360 e. The van der Waals surface area contributed by atoms with Gasteiger partial charge in [-0.2, -0.15) is 0 Å². The molecule has 3 rings (SSSR count). The van der Waals surface area contributed by atoms with E-state index in [4.69, 9.17) is 0 Å². The van der Waals surface area contributed by atoms with Gasteiger partial charge in [-0.05, 0) is 25.1 Å². The summed E-state index contributed by atoms with van der Waals surface area (Å²) in [6.07, 6.45) is 1.73. The predicted molar refractivity (Wildman–Crippen MR) is 84.3 cm³/mol. The summed E-state index contributed by atoms with van der Waals surface area (Å²) in [7, 11) is 0. The maximum absolute atomic E-state index is 13.7. The van der Waals surface area contributed by atoms with E-state index in [-0.39, 0.29) is 16.9 Å². The van der Waals surface area contributed by atoms with Crippen molar-refractivity contribution < 1.29 is 9.18 Å². The van der Waals surface area contributed by atoms with Gasteiger partial charge in [0.05, 0.1) is 5.25 Å². The van der Waals surface area contributed by atoms with Crippen molar-refractivity contribution in [2.24, 2.45) is 0 Å². The van der Waals surface area contributed by atoms with E-state index < -0.39 is 0 Å². The zero-order chi connectivity index (χ0) is 14.8. The molecule has 1 N–H and O–H groups in total. The predicted octanol–water partition coefficient (Wildman–Crippen LogP) is 4.67. The van der Waals surface area contributed by atoms with Crippen LogP contribution in [-0.2, 0) is 0 Å². The standard InChI is InChI=1S/C17H14FNOS/c1-11(21-16-9-5-3-7-14(16)18)17(20)13-10-19-15-8-4-2-6-12(13)15/h2-11,19H,1H3/t11-/m1/s1. The Hall–Kier alpha value is -2.07. The molecule has 0 aliphatic rings. The van der Waals surface area contributed by atoms with Gasteiger partial charge in [0.1, 0.15) is 5.82 Å². The number of thioether (sulfide) groups is 1. The molecule has 0 fully saturated rings. The van der Waals surface area contributed by atoms with Gasteiger partial charge in [-0.25, -0.2) is 4.39 Å². The lowest BCUT2D eigenvalue weighted by molar-refractivity contribution is 0.0995. The summed E-state index contributed by atoms with van der Waals surface area (Å²) in [4.78, 5) is 16.2. The molecule has 106 valence electrons. The fraction of sp³-hybridized carbons (Fsp3) is 0.118. The summed E-state index contributed by atoms with van der Waals surface area (Å²) in [5.41, 5.74) is 1.59. The number of rotatable bonds is 4. The fourth-order valence-corrected chi connectivity index (χ4v) is 3.23. The van der Waals surface area contributed by atoms with Crippen LogP contribution in [0.25, 0.3) is 10.9 Å². The molecule has 3 aromatic rings. The van der Waals surface area contributed by atoms with Crippen LogP contribution in [0.1, 0.15) is 17.3 Å². The minimum atomic E-state index is -0.346. The van der Waals surface area contributed by atoms with Gasteiger partial charge >= 0.3 is 0 Å². The molecule has 0 saturated carbocycles. The summed E-state index contributed by atoms with van der Waals surface area (Å²) in [5, 5.41) is 0.560. The second-order valence-corrected chi connectivity index (χ2v) is 6.19. The van der Waals surface area contributed by atoms with Gasteiger partial charge in [0.25, 0.3) is 0 Å². The smallest absolute Gasteiger partial charge is 0.178 e. The number of Topliss-reactive ketones (excluding diaryl/α,β-unsaturated/α-hetero) is 1. The van der Waals surface area contributed by atoms with Gasteiger partial charge in [0.15, 0.2) is 5.78 Å². The van der Waals surface area contributed by atoms with Crippen molar-refractivity contribution >= 4 is 28.4 Å². The minimum absolute atomic E-state index is 0.000651. The lowest BCUT2D eigenvalue weighted by Crippen LogP contribution is -2.13. The zero-order valence-corrected chi connectivity index (χ0v) is 12.3. The normalized spacial score (nSPS) is 12.5. The summed E-state index contributed by atoms with van der Waals surface area (Å²) in [6, 6.07) is 14.2. The average molecular weight is 299 g/mol. The summed E-state index contributed by atoms with van der Waals surface area (Å²) < 4.78 is 13.7. The number of H-pyrrole nitrogens is 1. The summed E-state index contributed by atoms with van der Waals surface area (Å²) in [6.45, 7) is 1.81. The first-order chi connectivity index (χ1) is 10.2. The number of carbonyl (C=O) groups is 1. The number of benzene rings is 2. The fourth-order valence-electron chi connectivity index (χ4n) is 2.28. The molecule has 1 aromatic heterocycles. The molecule has 0 unspecified atom stereocenters. The van der Waals surface area contributed by atoms with Crippen LogP contribution in [0.4, 0.5) is 4.39 Å². The topological polar surface area (TPSA) is 32.9 Å². The largest absolute Gasteiger partial charge is 0.360 e. The monoisotopic (exact) mass is 299 g/mol. The Labute approximate surface area is 126 Å². The molecule has 0 aliphatic carbocycles. The van der Waals surface area contributed by atoms with E-state index in [1.807, 2.05) is 24.3 Å². The van der Waals surface area contributed by atoms with Gasteiger partial charge in [-0.1, -0.05) is 30.3 Å². The number of carbonyl (C=O) groups excluding carboxylic acids is 1. The Kier molecular flexibility index (Phi) is 3.80. The molecule has 1 heterocycles. The highest BCUT2D eigenvalue weighted by atomic mass is 32.2. The molecule has 21 heavy (non-hydrogen) atoms. The van der Waals surface area contributed by atoms with Gasteiger partial charge < -0.3 is 4.98 Å². The van der Waals surface area contributed by atoms with Crippen LogP contribution in [-0.4, -0.2) is 16.0 Å². The van der Waals surface area contributed by atoms with E-state index >= 15 is 0 Å². The Morgan fingerprint density at radius 3 is 2.67 bits per heavy atom. The van der Waals surface area contributed by atoms with E-state index in [0.29, 0.717) is 10.5 Å². The first-order valence-corrected chi connectivity index (χ1v) is 7.56. The molecule has 0 saturated heterocycles. The third-order valence-electron chi connectivity index (χ3n) is 3.36. The lowest BCUT2D eigenvalue weighted by Gasteiger charge is -2.10. The SMILES string of the molecule is C[C@@H](Sc1ccccc1F)C(=O)c1c[nH]c2ccccc12. The van der Waals surface area contributed by atoms with Crippen LogP contribution in [0.2, 0.25) is 0 Å². The Bertz CT molecular complexity index is 796. The highest BCUT2D eigenvalue weighted by molar-refractivity contribution is 8.00. The highest BCUT2D eigenvalue weighted by Crippen LogP contribution is 2.29. The second-order valence-electron chi connectivity index (χ2n) is 4.80. The number of para-hydroxylation sites is 1. The molecule has 0 amide bonds. The van der Waals surface area contributed by atoms with Crippen molar-refractivity contribution in [3.05, 3.63) is 66.1 Å². The summed E-state index contributed by atoms with van der Waals surface area (Å²) in [5.74, 6) is -0.290. The number of fused-ring (bicyclic) bond motifs is 1. The quantitative estimate of drug-likeness (QED) is 0.561. The number of ketones is 1. The van der Waals surface area contributed by atoms with Crippen molar-refractivity contribution in [2.45, 2.75) is 17.1 Å². The van der Waals surface area contributed by atoms with Gasteiger partial charge in [0, 0.05) is 27.6 Å². The molecule has 2 aromatic carbocycles. The van der Waals surface area contributed by atoms with Crippen LogP contribution in [0.5, 0.6) is 0 Å². The maximum atomic E-state index is 13.7. The molecule has 0 bridgehead atoms. The second kappa shape index (κ2) is 5.74. The number of hydrogen-bond acceptors (Lipinski definition) is 2. The molecular weight excluding hydrogens is 285 g/mol. The number of nitrogens with one attached hydrogen (secondary N) is 1. The molecular formula is C17H14FNOS. The first kappa shape index (κ1) is 13.9. The third-order valence-corrected chi connectivity index (χ3v) is 4.52. The first-order valence-electron chi connectivity index (χ1n) is 6.68. The van der Waals surface area contributed by atoms with E-state index in [1.54, 1.807) is 31.3 Å². The Balaban J connectivity index is 1.86. The van der Waals surface area contributed by atoms with Crippen molar-refractivity contribution in [1.82, 2.24) is 4.98 Å². The van der Waals surface area contributed by atoms with Crippen molar-refractivity contribution in [3.8, 4) is 0 Å². The Morgan fingerprint density at radius 1 is 1.14 bits per heavy atom. The van der Waals surface area contributed by atoms with E-state index in [9.17, 15) is 9.18 Å². The molecule has 4 heteroatoms. The number of halogens is 1.